The molecule has 0 bridgehead atoms. The van der Waals surface area contributed by atoms with Crippen molar-refractivity contribution < 1.29 is 28.9 Å². The number of Topliss-reactive ketones (excluding diaryl/α,β-unsaturated/α-hetero) is 1. The lowest BCUT2D eigenvalue weighted by Crippen LogP contribution is -2.29. The average molecular weight is 502 g/mol. The number of rotatable bonds is 6. The summed E-state index contributed by atoms with van der Waals surface area (Å²) in [7, 11) is 4.55. The van der Waals surface area contributed by atoms with Gasteiger partial charge in [0, 0.05) is 11.8 Å². The summed E-state index contributed by atoms with van der Waals surface area (Å²) in [5.74, 6) is -0.362. The van der Waals surface area contributed by atoms with Gasteiger partial charge in [0.2, 0.25) is 0 Å². The quantitative estimate of drug-likeness (QED) is 0.267. The number of anilines is 1. The van der Waals surface area contributed by atoms with Gasteiger partial charge in [-0.05, 0) is 52.9 Å². The number of aliphatic hydroxyl groups excluding tert-OH is 1. The van der Waals surface area contributed by atoms with E-state index in [1.54, 1.807) is 49.6 Å². The van der Waals surface area contributed by atoms with Crippen molar-refractivity contribution in [3.8, 4) is 17.2 Å². The van der Waals surface area contributed by atoms with E-state index in [0.29, 0.717) is 28.5 Å². The second-order valence-corrected chi connectivity index (χ2v) is 9.81. The summed E-state index contributed by atoms with van der Waals surface area (Å²) < 4.78 is 16.0. The topological polar surface area (TPSA) is 85.3 Å². The first-order valence-electron chi connectivity index (χ1n) is 11.9. The fourth-order valence-electron chi connectivity index (χ4n) is 4.46. The Morgan fingerprint density at radius 1 is 0.811 bits per heavy atom. The first-order valence-corrected chi connectivity index (χ1v) is 11.9. The first-order chi connectivity index (χ1) is 17.6. The minimum atomic E-state index is -0.863. The van der Waals surface area contributed by atoms with E-state index >= 15 is 0 Å². The first kappa shape index (κ1) is 25.8. The third-order valence-corrected chi connectivity index (χ3v) is 6.55. The lowest BCUT2D eigenvalue weighted by molar-refractivity contribution is -0.132. The molecule has 7 heteroatoms. The Bertz CT molecular complexity index is 1350. The van der Waals surface area contributed by atoms with Crippen LogP contribution in [0, 0.1) is 0 Å². The molecule has 37 heavy (non-hydrogen) atoms. The highest BCUT2D eigenvalue weighted by Gasteiger charge is 2.47. The van der Waals surface area contributed by atoms with Gasteiger partial charge in [-0.25, -0.2) is 0 Å². The number of nitrogens with zero attached hydrogens (tertiary/aromatic N) is 1. The van der Waals surface area contributed by atoms with Gasteiger partial charge in [0.25, 0.3) is 11.7 Å². The Hall–Kier alpha value is -4.26. The third kappa shape index (κ3) is 4.77. The molecule has 1 fully saturated rings. The SMILES string of the molecule is COc1ccc(C2/C(=C(/O)c3ccc(OC)cc3OC)C(=O)C(=O)N2c2ccc(C(C)(C)C)cc2)cc1. The number of benzene rings is 3. The second kappa shape index (κ2) is 10.0. The van der Waals surface area contributed by atoms with Crippen LogP contribution in [0.25, 0.3) is 5.76 Å². The van der Waals surface area contributed by atoms with Crippen molar-refractivity contribution in [3.05, 3.63) is 89.0 Å². The third-order valence-electron chi connectivity index (χ3n) is 6.55. The standard InChI is InChI=1S/C30H31NO6/c1-30(2,3)19-9-11-20(12-10-19)31-26(18-7-13-21(35-4)14-8-18)25(28(33)29(31)34)27(32)23-16-15-22(36-5)17-24(23)37-6/h7-17,26,32H,1-6H3/b27-25-. The summed E-state index contributed by atoms with van der Waals surface area (Å²) in [4.78, 5) is 28.3. The molecule has 0 aromatic heterocycles. The zero-order valence-corrected chi connectivity index (χ0v) is 21.9. The van der Waals surface area contributed by atoms with E-state index in [1.807, 2.05) is 24.3 Å². The van der Waals surface area contributed by atoms with Crippen molar-refractivity contribution in [3.63, 3.8) is 0 Å². The zero-order valence-electron chi connectivity index (χ0n) is 21.9. The Morgan fingerprint density at radius 2 is 1.41 bits per heavy atom. The van der Waals surface area contributed by atoms with Crippen LogP contribution in [-0.4, -0.2) is 38.1 Å². The molecular weight excluding hydrogens is 470 g/mol. The monoisotopic (exact) mass is 501 g/mol. The van der Waals surface area contributed by atoms with Gasteiger partial charge in [-0.1, -0.05) is 45.0 Å². The summed E-state index contributed by atoms with van der Waals surface area (Å²) in [6.45, 7) is 6.31. The van der Waals surface area contributed by atoms with Gasteiger partial charge < -0.3 is 19.3 Å². The lowest BCUT2D eigenvalue weighted by Gasteiger charge is -2.27. The van der Waals surface area contributed by atoms with E-state index in [4.69, 9.17) is 14.2 Å². The highest BCUT2D eigenvalue weighted by atomic mass is 16.5. The summed E-state index contributed by atoms with van der Waals surface area (Å²) in [5, 5.41) is 11.5. The van der Waals surface area contributed by atoms with Gasteiger partial charge in [0.05, 0.1) is 38.5 Å². The van der Waals surface area contributed by atoms with Gasteiger partial charge in [-0.3, -0.25) is 14.5 Å². The summed E-state index contributed by atoms with van der Waals surface area (Å²) in [6, 6.07) is 18.6. The number of carbonyl (C=O) groups is 2. The molecule has 0 saturated carbocycles. The van der Waals surface area contributed by atoms with Crippen molar-refractivity contribution in [2.75, 3.05) is 26.2 Å². The van der Waals surface area contributed by atoms with Crippen LogP contribution in [-0.2, 0) is 15.0 Å². The molecule has 1 heterocycles. The molecule has 1 N–H and O–H groups in total. The maximum Gasteiger partial charge on any atom is 0.300 e. The van der Waals surface area contributed by atoms with Crippen molar-refractivity contribution in [1.29, 1.82) is 0 Å². The van der Waals surface area contributed by atoms with E-state index < -0.39 is 17.7 Å². The molecule has 1 aliphatic rings. The van der Waals surface area contributed by atoms with Crippen molar-refractivity contribution >= 4 is 23.1 Å². The normalized spacial score (nSPS) is 17.1. The molecule has 7 nitrogen and oxygen atoms in total. The molecule has 3 aromatic rings. The van der Waals surface area contributed by atoms with Crippen LogP contribution in [0.15, 0.2) is 72.3 Å². The number of aliphatic hydroxyl groups is 1. The molecule has 0 aliphatic carbocycles. The van der Waals surface area contributed by atoms with E-state index in [2.05, 4.69) is 20.8 Å². The maximum absolute atomic E-state index is 13.5. The number of methoxy groups -OCH3 is 3. The minimum Gasteiger partial charge on any atom is -0.507 e. The molecule has 1 unspecified atom stereocenters. The van der Waals surface area contributed by atoms with Crippen molar-refractivity contribution in [1.82, 2.24) is 0 Å². The van der Waals surface area contributed by atoms with E-state index in [-0.39, 0.29) is 22.3 Å². The Morgan fingerprint density at radius 3 is 1.95 bits per heavy atom. The number of hydrogen-bond donors (Lipinski definition) is 1. The Kier molecular flexibility index (Phi) is 6.99. The zero-order chi connectivity index (χ0) is 26.9. The molecular formula is C30H31NO6. The van der Waals surface area contributed by atoms with Crippen LogP contribution in [0.2, 0.25) is 0 Å². The largest absolute Gasteiger partial charge is 0.507 e. The second-order valence-electron chi connectivity index (χ2n) is 9.81. The van der Waals surface area contributed by atoms with Crippen LogP contribution >= 0.6 is 0 Å². The van der Waals surface area contributed by atoms with Gasteiger partial charge in [-0.15, -0.1) is 0 Å². The summed E-state index contributed by atoms with van der Waals surface area (Å²) in [6.07, 6.45) is 0. The van der Waals surface area contributed by atoms with Crippen molar-refractivity contribution in [2.24, 2.45) is 0 Å². The van der Waals surface area contributed by atoms with E-state index in [0.717, 1.165) is 5.56 Å². The molecule has 0 radical (unpaired) electrons. The average Bonchev–Trinajstić information content (AvgIpc) is 3.17. The molecule has 3 aromatic carbocycles. The molecule has 1 saturated heterocycles. The number of ether oxygens (including phenoxy) is 3. The summed E-state index contributed by atoms with van der Waals surface area (Å²) in [5.41, 5.74) is 2.47. The van der Waals surface area contributed by atoms with E-state index in [9.17, 15) is 14.7 Å². The number of hydrogen-bond acceptors (Lipinski definition) is 6. The molecule has 1 amide bonds. The number of amides is 1. The highest BCUT2D eigenvalue weighted by molar-refractivity contribution is 6.51. The van der Waals surface area contributed by atoms with Gasteiger partial charge in [0.15, 0.2) is 0 Å². The summed E-state index contributed by atoms with van der Waals surface area (Å²) >= 11 is 0. The fourth-order valence-corrected chi connectivity index (χ4v) is 4.46. The van der Waals surface area contributed by atoms with Gasteiger partial charge in [0.1, 0.15) is 23.0 Å². The number of carbonyl (C=O) groups excluding carboxylic acids is 2. The molecule has 0 spiro atoms. The van der Waals surface area contributed by atoms with Crippen LogP contribution < -0.4 is 19.1 Å². The molecule has 1 atom stereocenters. The highest BCUT2D eigenvalue weighted by Crippen LogP contribution is 2.44. The molecule has 192 valence electrons. The van der Waals surface area contributed by atoms with E-state index in [1.165, 1.54) is 19.1 Å². The fraction of sp³-hybridized carbons (Fsp3) is 0.267. The maximum atomic E-state index is 13.5. The predicted octanol–water partition coefficient (Wildman–Crippen LogP) is 5.64. The smallest absolute Gasteiger partial charge is 0.300 e. The minimum absolute atomic E-state index is 0.0291. The van der Waals surface area contributed by atoms with Crippen molar-refractivity contribution in [2.45, 2.75) is 32.2 Å². The lowest BCUT2D eigenvalue weighted by atomic mass is 9.87. The van der Waals surface area contributed by atoms with Crippen LogP contribution in [0.3, 0.4) is 0 Å². The van der Waals surface area contributed by atoms with Gasteiger partial charge in [-0.2, -0.15) is 0 Å². The molecule has 1 aliphatic heterocycles. The van der Waals surface area contributed by atoms with Crippen LogP contribution in [0.4, 0.5) is 5.69 Å². The van der Waals surface area contributed by atoms with Gasteiger partial charge >= 0.3 is 0 Å². The van der Waals surface area contributed by atoms with Crippen LogP contribution in [0.1, 0.15) is 43.5 Å². The Balaban J connectivity index is 1.92. The van der Waals surface area contributed by atoms with Crippen LogP contribution in [0.5, 0.6) is 17.2 Å². The number of ketones is 1. The Labute approximate surface area is 216 Å². The molecule has 4 rings (SSSR count). The predicted molar refractivity (Wildman–Crippen MR) is 142 cm³/mol.